The molecule has 9 heteroatoms. The fourth-order valence-electron chi connectivity index (χ4n) is 4.70. The topological polar surface area (TPSA) is 106 Å². The molecule has 2 aromatic carbocycles. The number of carbonyl (C=O) groups excluding carboxylic acids is 3. The van der Waals surface area contributed by atoms with Gasteiger partial charge in [0, 0.05) is 31.7 Å². The molecule has 2 aliphatic heterocycles. The van der Waals surface area contributed by atoms with Gasteiger partial charge in [-0.2, -0.15) is 0 Å². The number of amides is 3. The maximum Gasteiger partial charge on any atom is 0.338 e. The van der Waals surface area contributed by atoms with Crippen molar-refractivity contribution >= 4 is 23.6 Å². The fourth-order valence-corrected chi connectivity index (χ4v) is 4.70. The highest BCUT2D eigenvalue weighted by Crippen LogP contribution is 2.33. The predicted molar refractivity (Wildman–Crippen MR) is 134 cm³/mol. The van der Waals surface area contributed by atoms with Crippen molar-refractivity contribution in [1.29, 1.82) is 0 Å². The van der Waals surface area contributed by atoms with Crippen molar-refractivity contribution in [2.45, 2.75) is 39.7 Å². The summed E-state index contributed by atoms with van der Waals surface area (Å²) < 4.78 is 15.8. The Kier molecular flexibility index (Phi) is 8.30. The summed E-state index contributed by atoms with van der Waals surface area (Å²) in [5.74, 6) is 1.45. The van der Waals surface area contributed by atoms with Crippen molar-refractivity contribution in [3.8, 4) is 11.5 Å². The number of ether oxygens (including phenoxy) is 3. The zero-order valence-electron chi connectivity index (χ0n) is 20.7. The number of carbonyl (C=O) groups is 3. The van der Waals surface area contributed by atoms with Crippen LogP contribution in [-0.4, -0.2) is 49.3 Å². The van der Waals surface area contributed by atoms with Crippen molar-refractivity contribution in [3.63, 3.8) is 0 Å². The van der Waals surface area contributed by atoms with Crippen LogP contribution in [0.5, 0.6) is 11.5 Å². The minimum Gasteiger partial charge on any atom is -0.462 e. The smallest absolute Gasteiger partial charge is 0.338 e. The Balaban J connectivity index is 1.27. The maximum absolute atomic E-state index is 12.9. The highest BCUT2D eigenvalue weighted by atomic mass is 16.7. The standard InChI is InChI=1S/C27H33N3O6/c1-3-19-16-30(27(33)29-22-7-5-6-21(13-22)26(32)34-4-2)11-10-20(19)14-25(31)28-15-18-8-9-23-24(12-18)36-17-35-23/h5-9,12-13,19-20H,3-4,10-11,14-17H2,1-2H3,(H,28,31)(H,29,33). The van der Waals surface area contributed by atoms with Crippen molar-refractivity contribution < 1.29 is 28.6 Å². The Labute approximate surface area is 211 Å². The van der Waals surface area contributed by atoms with E-state index in [9.17, 15) is 14.4 Å². The first kappa shape index (κ1) is 25.3. The van der Waals surface area contributed by atoms with Gasteiger partial charge in [0.2, 0.25) is 12.7 Å². The number of urea groups is 1. The SMILES string of the molecule is CCOC(=O)c1cccc(NC(=O)N2CCC(CC(=O)NCc3ccc4c(c3)OCO4)C(CC)C2)c1. The van der Waals surface area contributed by atoms with Crippen molar-refractivity contribution in [3.05, 3.63) is 53.6 Å². The molecule has 1 fully saturated rings. The Hall–Kier alpha value is -3.75. The van der Waals surface area contributed by atoms with E-state index >= 15 is 0 Å². The molecule has 0 radical (unpaired) electrons. The molecule has 0 aliphatic carbocycles. The molecule has 4 rings (SSSR count). The molecule has 36 heavy (non-hydrogen) atoms. The molecule has 2 unspecified atom stereocenters. The van der Waals surface area contributed by atoms with Gasteiger partial charge in [-0.15, -0.1) is 0 Å². The van der Waals surface area contributed by atoms with E-state index in [1.807, 2.05) is 18.2 Å². The lowest BCUT2D eigenvalue weighted by Gasteiger charge is -2.38. The first-order valence-electron chi connectivity index (χ1n) is 12.4. The van der Waals surface area contributed by atoms with Crippen molar-refractivity contribution in [2.24, 2.45) is 11.8 Å². The average Bonchev–Trinajstić information content (AvgIpc) is 3.36. The van der Waals surface area contributed by atoms with Gasteiger partial charge in [-0.1, -0.05) is 25.5 Å². The lowest BCUT2D eigenvalue weighted by Crippen LogP contribution is -2.46. The van der Waals surface area contributed by atoms with E-state index < -0.39 is 5.97 Å². The van der Waals surface area contributed by atoms with Gasteiger partial charge in [0.1, 0.15) is 0 Å². The largest absolute Gasteiger partial charge is 0.462 e. The van der Waals surface area contributed by atoms with E-state index in [1.165, 1.54) is 0 Å². The first-order valence-corrected chi connectivity index (χ1v) is 12.4. The number of benzene rings is 2. The second kappa shape index (κ2) is 11.8. The van der Waals surface area contributed by atoms with Crippen LogP contribution in [0.1, 0.15) is 49.0 Å². The van der Waals surface area contributed by atoms with Crippen LogP contribution < -0.4 is 20.1 Å². The van der Waals surface area contributed by atoms with Crippen LogP contribution in [0.3, 0.4) is 0 Å². The highest BCUT2D eigenvalue weighted by molar-refractivity contribution is 5.94. The van der Waals surface area contributed by atoms with Gasteiger partial charge in [-0.3, -0.25) is 4.79 Å². The van der Waals surface area contributed by atoms with Crippen LogP contribution in [0, 0.1) is 11.8 Å². The van der Waals surface area contributed by atoms with E-state index in [2.05, 4.69) is 17.6 Å². The molecule has 3 amide bonds. The lowest BCUT2D eigenvalue weighted by molar-refractivity contribution is -0.123. The van der Waals surface area contributed by atoms with Gasteiger partial charge >= 0.3 is 12.0 Å². The summed E-state index contributed by atoms with van der Waals surface area (Å²) in [6.07, 6.45) is 2.06. The van der Waals surface area contributed by atoms with Crippen LogP contribution >= 0.6 is 0 Å². The molecule has 2 heterocycles. The minimum atomic E-state index is -0.419. The lowest BCUT2D eigenvalue weighted by atomic mass is 9.81. The molecule has 0 spiro atoms. The zero-order chi connectivity index (χ0) is 25.5. The van der Waals surface area contributed by atoms with Gasteiger partial charge in [0.15, 0.2) is 11.5 Å². The number of hydrogen-bond donors (Lipinski definition) is 2. The van der Waals surface area contributed by atoms with E-state index in [4.69, 9.17) is 14.2 Å². The van der Waals surface area contributed by atoms with Crippen LogP contribution in [0.4, 0.5) is 10.5 Å². The molecule has 0 aromatic heterocycles. The minimum absolute atomic E-state index is 0.00444. The predicted octanol–water partition coefficient (Wildman–Crippen LogP) is 4.18. The third kappa shape index (κ3) is 6.27. The van der Waals surface area contributed by atoms with Crippen LogP contribution in [0.15, 0.2) is 42.5 Å². The third-order valence-electron chi connectivity index (χ3n) is 6.70. The maximum atomic E-state index is 12.9. The fraction of sp³-hybridized carbons (Fsp3) is 0.444. The van der Waals surface area contributed by atoms with Gasteiger partial charge in [-0.25, -0.2) is 9.59 Å². The van der Waals surface area contributed by atoms with E-state index in [1.54, 1.807) is 36.1 Å². The van der Waals surface area contributed by atoms with E-state index in [-0.39, 0.29) is 30.6 Å². The molecule has 2 aliphatic rings. The molecule has 2 atom stereocenters. The Morgan fingerprint density at radius 3 is 2.69 bits per heavy atom. The van der Waals surface area contributed by atoms with Gasteiger partial charge in [-0.05, 0) is 61.1 Å². The van der Waals surface area contributed by atoms with E-state index in [0.29, 0.717) is 49.7 Å². The second-order valence-electron chi connectivity index (χ2n) is 9.06. The first-order chi connectivity index (χ1) is 17.5. The number of esters is 1. The summed E-state index contributed by atoms with van der Waals surface area (Å²) in [5, 5.41) is 5.89. The van der Waals surface area contributed by atoms with Gasteiger partial charge in [0.05, 0.1) is 12.2 Å². The number of piperidine rings is 1. The summed E-state index contributed by atoms with van der Waals surface area (Å²) in [6.45, 7) is 5.94. The number of nitrogens with one attached hydrogen (secondary N) is 2. The molecular weight excluding hydrogens is 462 g/mol. The normalized spacial score (nSPS) is 18.4. The number of hydrogen-bond acceptors (Lipinski definition) is 6. The number of likely N-dealkylation sites (tertiary alicyclic amines) is 1. The zero-order valence-corrected chi connectivity index (χ0v) is 20.7. The molecule has 1 saturated heterocycles. The van der Waals surface area contributed by atoms with Crippen molar-refractivity contribution in [2.75, 3.05) is 31.8 Å². The monoisotopic (exact) mass is 495 g/mol. The third-order valence-corrected chi connectivity index (χ3v) is 6.70. The number of anilines is 1. The molecule has 2 aromatic rings. The molecule has 9 nitrogen and oxygen atoms in total. The number of rotatable bonds is 8. The Morgan fingerprint density at radius 2 is 1.89 bits per heavy atom. The molecule has 2 N–H and O–H groups in total. The molecule has 0 bridgehead atoms. The van der Waals surface area contributed by atoms with Crippen LogP contribution in [0.2, 0.25) is 0 Å². The summed E-state index contributed by atoms with van der Waals surface area (Å²) in [6, 6.07) is 12.2. The number of nitrogens with zero attached hydrogens (tertiary/aromatic N) is 1. The highest BCUT2D eigenvalue weighted by Gasteiger charge is 2.32. The van der Waals surface area contributed by atoms with Crippen LogP contribution in [0.25, 0.3) is 0 Å². The summed E-state index contributed by atoms with van der Waals surface area (Å²) in [7, 11) is 0. The van der Waals surface area contributed by atoms with E-state index in [0.717, 1.165) is 24.2 Å². The van der Waals surface area contributed by atoms with Crippen molar-refractivity contribution in [1.82, 2.24) is 10.2 Å². The molecule has 0 saturated carbocycles. The molecular formula is C27H33N3O6. The van der Waals surface area contributed by atoms with Gasteiger partial charge in [0.25, 0.3) is 0 Å². The second-order valence-corrected chi connectivity index (χ2v) is 9.06. The number of fused-ring (bicyclic) bond motifs is 1. The summed E-state index contributed by atoms with van der Waals surface area (Å²) in [5.41, 5.74) is 1.90. The Bertz CT molecular complexity index is 1100. The van der Waals surface area contributed by atoms with Gasteiger partial charge < -0.3 is 29.7 Å². The molecule has 192 valence electrons. The average molecular weight is 496 g/mol. The Morgan fingerprint density at radius 1 is 1.06 bits per heavy atom. The quantitative estimate of drug-likeness (QED) is 0.532. The van der Waals surface area contributed by atoms with Crippen LogP contribution in [-0.2, 0) is 16.1 Å². The summed E-state index contributed by atoms with van der Waals surface area (Å²) >= 11 is 0. The summed E-state index contributed by atoms with van der Waals surface area (Å²) in [4.78, 5) is 39.3.